The van der Waals surface area contributed by atoms with Crippen molar-refractivity contribution in [2.45, 2.75) is 45.1 Å². The van der Waals surface area contributed by atoms with Gasteiger partial charge in [-0.25, -0.2) is 13.2 Å². The molecule has 0 aliphatic carbocycles. The molecule has 1 saturated heterocycles. The molecule has 0 saturated carbocycles. The maximum absolute atomic E-state index is 13.8. The number of methoxy groups -OCH3 is 1. The van der Waals surface area contributed by atoms with Gasteiger partial charge in [-0.1, -0.05) is 0 Å². The number of carbonyl (C=O) groups is 1. The molecule has 2 aromatic carbocycles. The van der Waals surface area contributed by atoms with E-state index in [4.69, 9.17) is 9.47 Å². The molecule has 3 aromatic rings. The summed E-state index contributed by atoms with van der Waals surface area (Å²) in [5.74, 6) is -4.05. The number of aromatic nitrogens is 1. The lowest BCUT2D eigenvalue weighted by atomic mass is 9.71. The Hall–Kier alpha value is -3.37. The molecule has 1 atom stereocenters. The lowest BCUT2D eigenvalue weighted by Crippen LogP contribution is -2.42. The quantitative estimate of drug-likeness (QED) is 0.332. The minimum atomic E-state index is -1.10. The zero-order valence-electron chi connectivity index (χ0n) is 22.1. The molecule has 1 aliphatic heterocycles. The summed E-state index contributed by atoms with van der Waals surface area (Å²) in [5.41, 5.74) is 1.86. The van der Waals surface area contributed by atoms with Gasteiger partial charge in [-0.2, -0.15) is 0 Å². The first kappa shape index (κ1) is 28.6. The lowest BCUT2D eigenvalue weighted by molar-refractivity contribution is -0.141. The van der Waals surface area contributed by atoms with Crippen LogP contribution in [0.15, 0.2) is 36.5 Å². The molecule has 2 N–H and O–H groups in total. The molecule has 0 spiro atoms. The number of aliphatic hydroxyl groups excluding tert-OH is 1. The van der Waals surface area contributed by atoms with Crippen molar-refractivity contribution in [3.8, 4) is 11.5 Å². The summed E-state index contributed by atoms with van der Waals surface area (Å²) in [6.07, 6.45) is 3.00. The van der Waals surface area contributed by atoms with Crippen LogP contribution in [-0.2, 0) is 4.79 Å². The molecule has 2 heterocycles. The van der Waals surface area contributed by atoms with E-state index in [1.165, 1.54) is 0 Å². The van der Waals surface area contributed by atoms with E-state index in [1.807, 2.05) is 30.0 Å². The Morgan fingerprint density at radius 2 is 1.85 bits per heavy atom. The van der Waals surface area contributed by atoms with Crippen molar-refractivity contribution in [2.75, 3.05) is 33.4 Å². The Morgan fingerprint density at radius 1 is 1.15 bits per heavy atom. The van der Waals surface area contributed by atoms with Gasteiger partial charge in [0.1, 0.15) is 18.2 Å². The highest BCUT2D eigenvalue weighted by Crippen LogP contribution is 2.42. The number of aliphatic carboxylic acids is 1. The van der Waals surface area contributed by atoms with Crippen molar-refractivity contribution >= 4 is 16.9 Å². The highest BCUT2D eigenvalue weighted by atomic mass is 19.1. The highest BCUT2D eigenvalue weighted by Gasteiger charge is 2.37. The summed E-state index contributed by atoms with van der Waals surface area (Å²) in [6.45, 7) is 3.43. The van der Waals surface area contributed by atoms with Gasteiger partial charge in [0.15, 0.2) is 17.4 Å². The number of likely N-dealkylation sites (tertiary alicyclic amines) is 1. The molecular weight excluding hydrogens is 513 g/mol. The van der Waals surface area contributed by atoms with Crippen LogP contribution in [0.25, 0.3) is 10.9 Å². The van der Waals surface area contributed by atoms with Gasteiger partial charge in [-0.15, -0.1) is 0 Å². The van der Waals surface area contributed by atoms with E-state index in [9.17, 15) is 28.2 Å². The molecule has 10 heteroatoms. The maximum atomic E-state index is 13.8. The van der Waals surface area contributed by atoms with Crippen molar-refractivity contribution in [1.29, 1.82) is 0 Å². The number of aliphatic hydroxyl groups is 1. The first-order valence-corrected chi connectivity index (χ1v) is 12.9. The third-order valence-corrected chi connectivity index (χ3v) is 7.66. The number of rotatable bonds is 11. The van der Waals surface area contributed by atoms with E-state index < -0.39 is 40.7 Å². The largest absolute Gasteiger partial charge is 0.497 e. The highest BCUT2D eigenvalue weighted by molar-refractivity contribution is 5.84. The van der Waals surface area contributed by atoms with E-state index in [1.54, 1.807) is 13.3 Å². The van der Waals surface area contributed by atoms with Gasteiger partial charge < -0.3 is 19.7 Å². The fourth-order valence-electron chi connectivity index (χ4n) is 5.48. The number of halogens is 3. The molecule has 0 bridgehead atoms. The van der Waals surface area contributed by atoms with Crippen LogP contribution in [0, 0.1) is 29.8 Å². The Bertz CT molecular complexity index is 1300. The Kier molecular flexibility index (Phi) is 8.97. The molecule has 1 fully saturated rings. The third-order valence-electron chi connectivity index (χ3n) is 7.66. The number of piperidine rings is 1. The molecule has 1 aliphatic rings. The monoisotopic (exact) mass is 546 g/mol. The summed E-state index contributed by atoms with van der Waals surface area (Å²) in [6, 6.07) is 6.65. The maximum Gasteiger partial charge on any atom is 0.303 e. The molecule has 0 radical (unpaired) electrons. The Balaban J connectivity index is 1.39. The Labute approximate surface area is 225 Å². The molecule has 0 amide bonds. The van der Waals surface area contributed by atoms with E-state index >= 15 is 0 Å². The van der Waals surface area contributed by atoms with Gasteiger partial charge in [-0.3, -0.25) is 14.7 Å². The zero-order valence-corrected chi connectivity index (χ0v) is 22.1. The van der Waals surface area contributed by atoms with Crippen LogP contribution in [0.1, 0.15) is 49.3 Å². The standard InChI is InChI=1S/C29H33F3N2O5/c1-18-17-33-24-4-3-20(38-2)15-21(24)27(18)25(35)5-6-29(16-26(36)37)7-9-34(10-8-29)11-12-39-28-22(31)13-19(30)14-23(28)32/h3-4,13-15,17,25,35H,5-12,16H2,1-2H3,(H,36,37)/t25-/m0/s1. The van der Waals surface area contributed by atoms with Crippen LogP contribution in [0.3, 0.4) is 0 Å². The van der Waals surface area contributed by atoms with Gasteiger partial charge in [0.25, 0.3) is 0 Å². The SMILES string of the molecule is COc1ccc2ncc(C)c([C@@H](O)CCC3(CC(=O)O)CCN(CCOc4c(F)cc(F)cc4F)CC3)c2c1. The van der Waals surface area contributed by atoms with Crippen molar-refractivity contribution in [2.24, 2.45) is 5.41 Å². The second kappa shape index (κ2) is 12.2. The number of benzene rings is 2. The number of hydrogen-bond donors (Lipinski definition) is 2. The molecule has 0 unspecified atom stereocenters. The van der Waals surface area contributed by atoms with E-state index in [0.717, 1.165) is 22.0 Å². The summed E-state index contributed by atoms with van der Waals surface area (Å²) in [5, 5.41) is 21.7. The molecule has 7 nitrogen and oxygen atoms in total. The van der Waals surface area contributed by atoms with Crippen LogP contribution in [0.5, 0.6) is 11.5 Å². The van der Waals surface area contributed by atoms with Crippen LogP contribution >= 0.6 is 0 Å². The zero-order chi connectivity index (χ0) is 28.2. The summed E-state index contributed by atoms with van der Waals surface area (Å²) >= 11 is 0. The smallest absolute Gasteiger partial charge is 0.303 e. The number of pyridine rings is 1. The van der Waals surface area contributed by atoms with E-state index in [2.05, 4.69) is 4.98 Å². The molecule has 39 heavy (non-hydrogen) atoms. The molecular formula is C29H33F3N2O5. The topological polar surface area (TPSA) is 92.1 Å². The molecule has 4 rings (SSSR count). The first-order chi connectivity index (χ1) is 18.6. The van der Waals surface area contributed by atoms with Crippen molar-refractivity contribution in [3.63, 3.8) is 0 Å². The second-order valence-electron chi connectivity index (χ2n) is 10.3. The first-order valence-electron chi connectivity index (χ1n) is 12.9. The van der Waals surface area contributed by atoms with Crippen LogP contribution in [0.2, 0.25) is 0 Å². The average molecular weight is 547 g/mol. The fourth-order valence-corrected chi connectivity index (χ4v) is 5.48. The predicted octanol–water partition coefficient (Wildman–Crippen LogP) is 5.42. The average Bonchev–Trinajstić information content (AvgIpc) is 2.89. The number of ether oxygens (including phenoxy) is 2. The second-order valence-corrected chi connectivity index (χ2v) is 10.3. The number of carboxylic acid groups (broad SMARTS) is 1. The number of aryl methyl sites for hydroxylation is 1. The summed E-state index contributed by atoms with van der Waals surface area (Å²) < 4.78 is 51.3. The lowest BCUT2D eigenvalue weighted by Gasteiger charge is -2.41. The Morgan fingerprint density at radius 3 is 2.49 bits per heavy atom. The molecule has 1 aromatic heterocycles. The minimum Gasteiger partial charge on any atom is -0.497 e. The number of carboxylic acids is 1. The summed E-state index contributed by atoms with van der Waals surface area (Å²) in [4.78, 5) is 18.3. The van der Waals surface area contributed by atoms with Gasteiger partial charge >= 0.3 is 5.97 Å². The summed E-state index contributed by atoms with van der Waals surface area (Å²) in [7, 11) is 1.58. The fraction of sp³-hybridized carbons (Fsp3) is 0.448. The molecule has 210 valence electrons. The number of fused-ring (bicyclic) bond motifs is 1. The van der Waals surface area contributed by atoms with Gasteiger partial charge in [0, 0.05) is 30.3 Å². The minimum absolute atomic E-state index is 0.00196. The third kappa shape index (κ3) is 6.80. The van der Waals surface area contributed by atoms with E-state index in [0.29, 0.717) is 63.2 Å². The predicted molar refractivity (Wildman–Crippen MR) is 139 cm³/mol. The van der Waals surface area contributed by atoms with E-state index in [-0.39, 0.29) is 13.0 Å². The van der Waals surface area contributed by atoms with Crippen molar-refractivity contribution in [3.05, 3.63) is 65.1 Å². The van der Waals surface area contributed by atoms with Crippen LogP contribution in [-0.4, -0.2) is 59.4 Å². The van der Waals surface area contributed by atoms with Crippen LogP contribution in [0.4, 0.5) is 13.2 Å². The van der Waals surface area contributed by atoms with Crippen molar-refractivity contribution < 1.29 is 37.7 Å². The van der Waals surface area contributed by atoms with Gasteiger partial charge in [-0.05, 0) is 80.4 Å². The number of hydrogen-bond acceptors (Lipinski definition) is 6. The van der Waals surface area contributed by atoms with Gasteiger partial charge in [0.05, 0.1) is 25.2 Å². The van der Waals surface area contributed by atoms with Crippen LogP contribution < -0.4 is 9.47 Å². The normalized spacial score (nSPS) is 16.3. The number of nitrogens with zero attached hydrogens (tertiary/aromatic N) is 2. The van der Waals surface area contributed by atoms with Crippen molar-refractivity contribution in [1.82, 2.24) is 9.88 Å². The van der Waals surface area contributed by atoms with Gasteiger partial charge in [0.2, 0.25) is 0 Å².